The first-order valence-electron chi connectivity index (χ1n) is 6.27. The lowest BCUT2D eigenvalue weighted by molar-refractivity contribution is 0.0478. The van der Waals surface area contributed by atoms with Gasteiger partial charge in [0.05, 0.1) is 11.5 Å². The number of hydrogen-bond donors (Lipinski definition) is 0. The Morgan fingerprint density at radius 2 is 1.94 bits per heavy atom. The fourth-order valence-corrected chi connectivity index (χ4v) is 3.11. The minimum Gasteiger partial charge on any atom is -0.207 e. The third-order valence-electron chi connectivity index (χ3n) is 4.44. The van der Waals surface area contributed by atoms with Crippen molar-refractivity contribution in [1.82, 2.24) is 0 Å². The summed E-state index contributed by atoms with van der Waals surface area (Å²) < 4.78 is 13.2. The minimum absolute atomic E-state index is 0.248. The monoisotopic (exact) mass is 231 g/mol. The summed E-state index contributed by atoms with van der Waals surface area (Å²) in [5, 5.41) is 9.43. The van der Waals surface area contributed by atoms with Gasteiger partial charge in [0.25, 0.3) is 0 Å². The van der Waals surface area contributed by atoms with E-state index in [0.717, 1.165) is 31.2 Å². The third kappa shape index (κ3) is 1.84. The second-order valence-electron chi connectivity index (χ2n) is 5.26. The molecule has 0 unspecified atom stereocenters. The van der Waals surface area contributed by atoms with Crippen LogP contribution in [0.3, 0.4) is 0 Å². The van der Waals surface area contributed by atoms with Gasteiger partial charge in [-0.25, -0.2) is 4.39 Å². The zero-order valence-electron chi connectivity index (χ0n) is 10.5. The molecule has 0 radical (unpaired) electrons. The predicted molar refractivity (Wildman–Crippen MR) is 65.9 cm³/mol. The van der Waals surface area contributed by atoms with Crippen LogP contribution in [0.4, 0.5) is 4.39 Å². The molecule has 1 aromatic carbocycles. The molecule has 0 heterocycles. The first kappa shape index (κ1) is 12.1. The van der Waals surface area contributed by atoms with Crippen molar-refractivity contribution in [2.45, 2.75) is 44.9 Å². The van der Waals surface area contributed by atoms with E-state index >= 15 is 0 Å². The van der Waals surface area contributed by atoms with Crippen LogP contribution in [0.2, 0.25) is 0 Å². The van der Waals surface area contributed by atoms with E-state index in [1.165, 1.54) is 12.1 Å². The Hall–Kier alpha value is -1.36. The Balaban J connectivity index is 2.29. The molecule has 1 aliphatic rings. The molecule has 0 N–H and O–H groups in total. The van der Waals surface area contributed by atoms with Crippen molar-refractivity contribution < 1.29 is 4.39 Å². The van der Waals surface area contributed by atoms with Crippen molar-refractivity contribution >= 4 is 0 Å². The normalized spacial score (nSPS) is 20.4. The Kier molecular flexibility index (Phi) is 2.95. The van der Waals surface area contributed by atoms with Gasteiger partial charge in [-0.15, -0.1) is 0 Å². The smallest absolute Gasteiger partial charge is 0.123 e. The van der Waals surface area contributed by atoms with Gasteiger partial charge in [0.1, 0.15) is 5.82 Å². The van der Waals surface area contributed by atoms with Crippen LogP contribution < -0.4 is 0 Å². The molecule has 2 heteroatoms. The number of nitriles is 1. The molecule has 1 aliphatic carbocycles. The SMILES string of the molecule is CCC1(CC)CC(C#N)(c2cccc(F)c2)C1. The van der Waals surface area contributed by atoms with Crippen molar-refractivity contribution in [2.75, 3.05) is 0 Å². The Morgan fingerprint density at radius 1 is 1.29 bits per heavy atom. The van der Waals surface area contributed by atoms with E-state index in [0.29, 0.717) is 5.41 Å². The second-order valence-corrected chi connectivity index (χ2v) is 5.26. The summed E-state index contributed by atoms with van der Waals surface area (Å²) >= 11 is 0. The van der Waals surface area contributed by atoms with Gasteiger partial charge in [0, 0.05) is 0 Å². The number of rotatable bonds is 3. The van der Waals surface area contributed by atoms with Crippen molar-refractivity contribution in [3.63, 3.8) is 0 Å². The molecule has 2 rings (SSSR count). The summed E-state index contributed by atoms with van der Waals surface area (Å²) in [6, 6.07) is 8.93. The number of benzene rings is 1. The second kappa shape index (κ2) is 4.14. The Labute approximate surface area is 102 Å². The zero-order valence-corrected chi connectivity index (χ0v) is 10.5. The number of hydrogen-bond acceptors (Lipinski definition) is 1. The minimum atomic E-state index is -0.450. The van der Waals surface area contributed by atoms with Crippen molar-refractivity contribution in [2.24, 2.45) is 5.41 Å². The standard InChI is InChI=1S/C15H18FN/c1-3-14(4-2)9-15(10-14,11-17)12-6-5-7-13(16)8-12/h5-8H,3-4,9-10H2,1-2H3. The average Bonchev–Trinajstić information content (AvgIpc) is 2.30. The molecule has 0 saturated heterocycles. The van der Waals surface area contributed by atoms with E-state index in [9.17, 15) is 9.65 Å². The zero-order chi connectivity index (χ0) is 12.5. The maximum absolute atomic E-state index is 13.2. The van der Waals surface area contributed by atoms with E-state index in [4.69, 9.17) is 0 Å². The van der Waals surface area contributed by atoms with Gasteiger partial charge in [0.2, 0.25) is 0 Å². The molecule has 1 saturated carbocycles. The molecule has 1 nitrogen and oxygen atoms in total. The molecule has 0 aliphatic heterocycles. The highest BCUT2D eigenvalue weighted by Gasteiger charge is 2.53. The van der Waals surface area contributed by atoms with Gasteiger partial charge < -0.3 is 0 Å². The first-order chi connectivity index (χ1) is 8.10. The van der Waals surface area contributed by atoms with E-state index in [1.54, 1.807) is 6.07 Å². The molecule has 0 amide bonds. The largest absolute Gasteiger partial charge is 0.207 e. The highest BCUT2D eigenvalue weighted by molar-refractivity contribution is 5.38. The summed E-state index contributed by atoms with van der Waals surface area (Å²) in [5.74, 6) is -0.248. The maximum Gasteiger partial charge on any atom is 0.123 e. The molecule has 0 aromatic heterocycles. The van der Waals surface area contributed by atoms with Gasteiger partial charge in [0.15, 0.2) is 0 Å². The fourth-order valence-electron chi connectivity index (χ4n) is 3.11. The summed E-state index contributed by atoms with van der Waals surface area (Å²) in [4.78, 5) is 0. The van der Waals surface area contributed by atoms with Crippen LogP contribution in [-0.4, -0.2) is 0 Å². The molecule has 0 atom stereocenters. The van der Waals surface area contributed by atoms with Crippen LogP contribution in [0.25, 0.3) is 0 Å². The summed E-state index contributed by atoms with van der Waals surface area (Å²) in [6.45, 7) is 4.35. The van der Waals surface area contributed by atoms with Gasteiger partial charge in [-0.05, 0) is 36.0 Å². The molecular weight excluding hydrogens is 213 g/mol. The fraction of sp³-hybridized carbons (Fsp3) is 0.533. The van der Waals surface area contributed by atoms with Crippen molar-refractivity contribution in [3.05, 3.63) is 35.6 Å². The predicted octanol–water partition coefficient (Wildman–Crippen LogP) is 4.19. The van der Waals surface area contributed by atoms with Crippen molar-refractivity contribution in [1.29, 1.82) is 5.26 Å². The number of nitrogens with zero attached hydrogens (tertiary/aromatic N) is 1. The van der Waals surface area contributed by atoms with Crippen LogP contribution in [0, 0.1) is 22.6 Å². The average molecular weight is 231 g/mol. The van der Waals surface area contributed by atoms with Crippen LogP contribution in [-0.2, 0) is 5.41 Å². The number of halogens is 1. The highest BCUT2D eigenvalue weighted by Crippen LogP contribution is 2.58. The lowest BCUT2D eigenvalue weighted by atomic mass is 9.49. The summed E-state index contributed by atoms with van der Waals surface area (Å²) in [7, 11) is 0. The quantitative estimate of drug-likeness (QED) is 0.765. The van der Waals surface area contributed by atoms with Crippen LogP contribution in [0.1, 0.15) is 45.1 Å². The summed E-state index contributed by atoms with van der Waals surface area (Å²) in [6.07, 6.45) is 3.93. The molecule has 1 fully saturated rings. The molecule has 90 valence electrons. The molecule has 0 bridgehead atoms. The Morgan fingerprint density at radius 3 is 2.41 bits per heavy atom. The first-order valence-corrected chi connectivity index (χ1v) is 6.27. The van der Waals surface area contributed by atoms with E-state index in [-0.39, 0.29) is 5.82 Å². The third-order valence-corrected chi connectivity index (χ3v) is 4.44. The van der Waals surface area contributed by atoms with Gasteiger partial charge in [-0.3, -0.25) is 0 Å². The van der Waals surface area contributed by atoms with E-state index in [1.807, 2.05) is 6.07 Å². The van der Waals surface area contributed by atoms with Gasteiger partial charge >= 0.3 is 0 Å². The summed E-state index contributed by atoms with van der Waals surface area (Å²) in [5.41, 5.74) is 0.688. The van der Waals surface area contributed by atoms with Crippen LogP contribution >= 0.6 is 0 Å². The molecule has 0 spiro atoms. The topological polar surface area (TPSA) is 23.8 Å². The lowest BCUT2D eigenvalue weighted by Gasteiger charge is -2.53. The van der Waals surface area contributed by atoms with Gasteiger partial charge in [-0.2, -0.15) is 5.26 Å². The molecule has 1 aromatic rings. The van der Waals surface area contributed by atoms with E-state index in [2.05, 4.69) is 19.9 Å². The van der Waals surface area contributed by atoms with E-state index < -0.39 is 5.41 Å². The van der Waals surface area contributed by atoms with Crippen LogP contribution in [0.15, 0.2) is 24.3 Å². The molecular formula is C15H18FN. The molecule has 17 heavy (non-hydrogen) atoms. The lowest BCUT2D eigenvalue weighted by Crippen LogP contribution is -2.48. The highest BCUT2D eigenvalue weighted by atomic mass is 19.1. The van der Waals surface area contributed by atoms with Gasteiger partial charge in [-0.1, -0.05) is 38.8 Å². The van der Waals surface area contributed by atoms with Crippen molar-refractivity contribution in [3.8, 4) is 6.07 Å². The Bertz CT molecular complexity index is 446. The maximum atomic E-state index is 13.2. The van der Waals surface area contributed by atoms with Crippen LogP contribution in [0.5, 0.6) is 0 Å².